The molecule has 1 unspecified atom stereocenters. The Morgan fingerprint density at radius 3 is 3.21 bits per heavy atom. The molecule has 1 atom stereocenters. The molecule has 5 heteroatoms. The summed E-state index contributed by atoms with van der Waals surface area (Å²) in [6, 6.07) is 2.64. The average Bonchev–Trinajstić information content (AvgIpc) is 2.80. The predicted octanol–water partition coefficient (Wildman–Crippen LogP) is 0.830. The normalized spacial score (nSPS) is 21.5. The SMILES string of the molecule is CC(CNC(=O)C1CNC1)N1CCc2sccc2C1. The molecule has 1 amide bonds. The van der Waals surface area contributed by atoms with Crippen molar-refractivity contribution in [1.29, 1.82) is 0 Å². The Morgan fingerprint density at radius 1 is 1.63 bits per heavy atom. The largest absolute Gasteiger partial charge is 0.354 e. The van der Waals surface area contributed by atoms with E-state index in [1.165, 1.54) is 10.4 Å². The molecule has 1 aromatic heterocycles. The Kier molecular flexibility index (Phi) is 3.86. The van der Waals surface area contributed by atoms with Gasteiger partial charge in [-0.2, -0.15) is 0 Å². The average molecular weight is 279 g/mol. The fourth-order valence-electron chi connectivity index (χ4n) is 2.64. The number of hydrogen-bond donors (Lipinski definition) is 2. The number of carbonyl (C=O) groups is 1. The van der Waals surface area contributed by atoms with Gasteiger partial charge in [0.15, 0.2) is 0 Å². The van der Waals surface area contributed by atoms with Gasteiger partial charge in [-0.15, -0.1) is 11.3 Å². The van der Waals surface area contributed by atoms with Crippen LogP contribution in [0.5, 0.6) is 0 Å². The van der Waals surface area contributed by atoms with Gasteiger partial charge in [-0.1, -0.05) is 0 Å². The van der Waals surface area contributed by atoms with Crippen LogP contribution in [0.1, 0.15) is 17.4 Å². The molecule has 19 heavy (non-hydrogen) atoms. The van der Waals surface area contributed by atoms with Crippen LogP contribution in [0, 0.1) is 5.92 Å². The van der Waals surface area contributed by atoms with Gasteiger partial charge in [0.1, 0.15) is 0 Å². The zero-order valence-electron chi connectivity index (χ0n) is 11.3. The molecule has 2 aliphatic rings. The highest BCUT2D eigenvalue weighted by molar-refractivity contribution is 7.10. The van der Waals surface area contributed by atoms with Gasteiger partial charge >= 0.3 is 0 Å². The van der Waals surface area contributed by atoms with Crippen molar-refractivity contribution in [2.75, 3.05) is 26.2 Å². The van der Waals surface area contributed by atoms with Crippen molar-refractivity contribution in [3.05, 3.63) is 21.9 Å². The molecule has 104 valence electrons. The number of carbonyl (C=O) groups excluding carboxylic acids is 1. The fraction of sp³-hybridized carbons (Fsp3) is 0.643. The first kappa shape index (κ1) is 13.1. The summed E-state index contributed by atoms with van der Waals surface area (Å²) in [6.07, 6.45) is 1.15. The van der Waals surface area contributed by atoms with Crippen molar-refractivity contribution >= 4 is 17.2 Å². The van der Waals surface area contributed by atoms with Crippen LogP contribution in [0.4, 0.5) is 0 Å². The smallest absolute Gasteiger partial charge is 0.225 e. The maximum atomic E-state index is 11.8. The van der Waals surface area contributed by atoms with Crippen molar-refractivity contribution in [1.82, 2.24) is 15.5 Å². The zero-order chi connectivity index (χ0) is 13.2. The molecule has 2 aliphatic heterocycles. The summed E-state index contributed by atoms with van der Waals surface area (Å²) in [4.78, 5) is 15.8. The number of nitrogens with zero attached hydrogens (tertiary/aromatic N) is 1. The Morgan fingerprint density at radius 2 is 2.47 bits per heavy atom. The number of amides is 1. The molecule has 0 saturated carbocycles. The third-order valence-electron chi connectivity index (χ3n) is 4.18. The highest BCUT2D eigenvalue weighted by atomic mass is 32.1. The van der Waals surface area contributed by atoms with E-state index >= 15 is 0 Å². The second-order valence-corrected chi connectivity index (χ2v) is 6.54. The van der Waals surface area contributed by atoms with E-state index in [-0.39, 0.29) is 11.8 Å². The number of fused-ring (bicyclic) bond motifs is 1. The Labute approximate surface area is 118 Å². The molecule has 0 aromatic carbocycles. The van der Waals surface area contributed by atoms with Crippen LogP contribution < -0.4 is 10.6 Å². The number of nitrogens with one attached hydrogen (secondary N) is 2. The highest BCUT2D eigenvalue weighted by Gasteiger charge is 2.26. The Bertz CT molecular complexity index is 455. The van der Waals surface area contributed by atoms with Gasteiger partial charge in [0.2, 0.25) is 5.91 Å². The van der Waals surface area contributed by atoms with Crippen LogP contribution in [0.15, 0.2) is 11.4 Å². The quantitative estimate of drug-likeness (QED) is 0.858. The van der Waals surface area contributed by atoms with E-state index in [9.17, 15) is 4.79 Å². The fourth-order valence-corrected chi connectivity index (χ4v) is 3.53. The summed E-state index contributed by atoms with van der Waals surface area (Å²) in [5.41, 5.74) is 1.47. The molecule has 2 N–H and O–H groups in total. The highest BCUT2D eigenvalue weighted by Crippen LogP contribution is 2.24. The van der Waals surface area contributed by atoms with Gasteiger partial charge in [0.05, 0.1) is 5.92 Å². The van der Waals surface area contributed by atoms with Crippen LogP contribution in [0.3, 0.4) is 0 Å². The third-order valence-corrected chi connectivity index (χ3v) is 5.21. The lowest BCUT2D eigenvalue weighted by Gasteiger charge is -2.33. The standard InChI is InChI=1S/C14H21N3OS/c1-10(6-16-14(18)12-7-15-8-12)17-4-2-13-11(9-17)3-5-19-13/h3,5,10,12,15H,2,4,6-9H2,1H3,(H,16,18). The van der Waals surface area contributed by atoms with Crippen molar-refractivity contribution in [3.63, 3.8) is 0 Å². The van der Waals surface area contributed by atoms with Crippen LogP contribution in [-0.2, 0) is 17.8 Å². The molecule has 0 bridgehead atoms. The van der Waals surface area contributed by atoms with Gasteiger partial charge < -0.3 is 10.6 Å². The molecule has 1 fully saturated rings. The van der Waals surface area contributed by atoms with E-state index < -0.39 is 0 Å². The van der Waals surface area contributed by atoms with Gasteiger partial charge in [0, 0.05) is 43.6 Å². The van der Waals surface area contributed by atoms with E-state index in [0.29, 0.717) is 6.04 Å². The van der Waals surface area contributed by atoms with Crippen molar-refractivity contribution in [2.45, 2.75) is 25.9 Å². The second kappa shape index (κ2) is 5.61. The molecule has 1 saturated heterocycles. The van der Waals surface area contributed by atoms with E-state index in [1.807, 2.05) is 11.3 Å². The molecule has 3 rings (SSSR count). The summed E-state index contributed by atoms with van der Waals surface area (Å²) < 4.78 is 0. The van der Waals surface area contributed by atoms with Crippen LogP contribution in [-0.4, -0.2) is 43.0 Å². The summed E-state index contributed by atoms with van der Waals surface area (Å²) in [5.74, 6) is 0.399. The number of rotatable bonds is 4. The minimum atomic E-state index is 0.192. The molecule has 0 aliphatic carbocycles. The maximum Gasteiger partial charge on any atom is 0.225 e. The molecular formula is C14H21N3OS. The molecule has 4 nitrogen and oxygen atoms in total. The van der Waals surface area contributed by atoms with E-state index in [4.69, 9.17) is 0 Å². The van der Waals surface area contributed by atoms with Crippen LogP contribution in [0.2, 0.25) is 0 Å². The minimum absolute atomic E-state index is 0.192. The van der Waals surface area contributed by atoms with E-state index in [1.54, 1.807) is 0 Å². The monoisotopic (exact) mass is 279 g/mol. The van der Waals surface area contributed by atoms with Gasteiger partial charge in [-0.3, -0.25) is 9.69 Å². The summed E-state index contributed by atoms with van der Waals surface area (Å²) in [7, 11) is 0. The van der Waals surface area contributed by atoms with E-state index in [0.717, 1.165) is 39.1 Å². The first-order valence-electron chi connectivity index (χ1n) is 7.02. The minimum Gasteiger partial charge on any atom is -0.354 e. The lowest BCUT2D eigenvalue weighted by molar-refractivity contribution is -0.126. The number of hydrogen-bond acceptors (Lipinski definition) is 4. The van der Waals surface area contributed by atoms with Gasteiger partial charge in [-0.25, -0.2) is 0 Å². The van der Waals surface area contributed by atoms with Crippen molar-refractivity contribution < 1.29 is 4.79 Å². The van der Waals surface area contributed by atoms with Crippen LogP contribution in [0.25, 0.3) is 0 Å². The molecule has 3 heterocycles. The second-order valence-electron chi connectivity index (χ2n) is 5.54. The molecule has 0 spiro atoms. The van der Waals surface area contributed by atoms with Crippen LogP contribution >= 0.6 is 11.3 Å². The lowest BCUT2D eigenvalue weighted by atomic mass is 10.0. The summed E-state index contributed by atoms with van der Waals surface area (Å²) in [6.45, 7) is 6.77. The first-order valence-corrected chi connectivity index (χ1v) is 7.89. The van der Waals surface area contributed by atoms with Gasteiger partial charge in [-0.05, 0) is 30.4 Å². The first-order chi connectivity index (χ1) is 9.24. The zero-order valence-corrected chi connectivity index (χ0v) is 12.1. The topological polar surface area (TPSA) is 44.4 Å². The van der Waals surface area contributed by atoms with E-state index in [2.05, 4.69) is 33.9 Å². The number of thiophene rings is 1. The van der Waals surface area contributed by atoms with Crippen molar-refractivity contribution in [2.24, 2.45) is 5.92 Å². The lowest BCUT2D eigenvalue weighted by Crippen LogP contribution is -2.53. The predicted molar refractivity (Wildman–Crippen MR) is 77.3 cm³/mol. The van der Waals surface area contributed by atoms with Gasteiger partial charge in [0.25, 0.3) is 0 Å². The molecule has 0 radical (unpaired) electrons. The molecule has 1 aromatic rings. The maximum absolute atomic E-state index is 11.8. The third kappa shape index (κ3) is 2.83. The summed E-state index contributed by atoms with van der Waals surface area (Å²) in [5, 5.41) is 8.40. The summed E-state index contributed by atoms with van der Waals surface area (Å²) >= 11 is 1.87. The van der Waals surface area contributed by atoms with Crippen molar-refractivity contribution in [3.8, 4) is 0 Å². The Hall–Kier alpha value is -0.910. The Balaban J connectivity index is 1.48. The molecular weight excluding hydrogens is 258 g/mol.